The summed E-state index contributed by atoms with van der Waals surface area (Å²) in [6, 6.07) is 14.3. The molecule has 1 unspecified atom stereocenters. The van der Waals surface area contributed by atoms with Gasteiger partial charge in [-0.3, -0.25) is 19.5 Å². The van der Waals surface area contributed by atoms with Gasteiger partial charge in [0.05, 0.1) is 32.4 Å². The number of anilines is 1. The Morgan fingerprint density at radius 3 is 2.15 bits per heavy atom. The van der Waals surface area contributed by atoms with E-state index in [2.05, 4.69) is 4.98 Å². The highest BCUT2D eigenvalue weighted by atomic mass is 16.5. The van der Waals surface area contributed by atoms with E-state index in [0.717, 1.165) is 0 Å². The van der Waals surface area contributed by atoms with Gasteiger partial charge in [0.1, 0.15) is 28.6 Å². The van der Waals surface area contributed by atoms with Gasteiger partial charge in [0.25, 0.3) is 11.7 Å². The molecule has 1 N–H and O–H groups in total. The molecule has 0 radical (unpaired) electrons. The molecule has 4 rings (SSSR count). The number of Topliss-reactive ketones (excluding diaryl/α,β-unsaturated/α-hetero) is 1. The molecule has 0 saturated carbocycles. The van der Waals surface area contributed by atoms with Gasteiger partial charge in [0.15, 0.2) is 0 Å². The van der Waals surface area contributed by atoms with Crippen molar-refractivity contribution in [2.45, 2.75) is 13.0 Å². The van der Waals surface area contributed by atoms with Gasteiger partial charge in [-0.25, -0.2) is 0 Å². The first-order valence-electron chi connectivity index (χ1n) is 10.7. The van der Waals surface area contributed by atoms with Crippen LogP contribution in [0.4, 0.5) is 5.69 Å². The quantitative estimate of drug-likeness (QED) is 0.322. The summed E-state index contributed by atoms with van der Waals surface area (Å²) in [6.45, 7) is 2.38. The second-order valence-electron chi connectivity index (χ2n) is 7.41. The van der Waals surface area contributed by atoms with Gasteiger partial charge < -0.3 is 19.3 Å². The van der Waals surface area contributed by atoms with Gasteiger partial charge in [-0.15, -0.1) is 0 Å². The summed E-state index contributed by atoms with van der Waals surface area (Å²) in [5.41, 5.74) is 1.21. The molecule has 1 aliphatic rings. The number of pyridine rings is 1. The normalized spacial score (nSPS) is 17.0. The zero-order valence-corrected chi connectivity index (χ0v) is 19.0. The van der Waals surface area contributed by atoms with Gasteiger partial charge in [-0.2, -0.15) is 0 Å². The molecule has 0 bridgehead atoms. The summed E-state index contributed by atoms with van der Waals surface area (Å²) in [7, 11) is 2.90. The molecule has 2 heterocycles. The van der Waals surface area contributed by atoms with Crippen LogP contribution in [0.15, 0.2) is 72.6 Å². The second-order valence-corrected chi connectivity index (χ2v) is 7.41. The fraction of sp³-hybridized carbons (Fsp3) is 0.192. The molecule has 3 aromatic rings. The van der Waals surface area contributed by atoms with Gasteiger partial charge in [-0.1, -0.05) is 6.07 Å². The lowest BCUT2D eigenvalue weighted by molar-refractivity contribution is -0.132. The Balaban J connectivity index is 1.94. The van der Waals surface area contributed by atoms with Crippen LogP contribution in [0, 0.1) is 0 Å². The van der Waals surface area contributed by atoms with Crippen LogP contribution in [-0.4, -0.2) is 42.6 Å². The van der Waals surface area contributed by atoms with E-state index in [1.54, 1.807) is 67.0 Å². The van der Waals surface area contributed by atoms with Crippen molar-refractivity contribution in [2.24, 2.45) is 0 Å². The first-order valence-corrected chi connectivity index (χ1v) is 10.7. The Bertz CT molecular complexity index is 1220. The molecule has 1 aromatic heterocycles. The van der Waals surface area contributed by atoms with Crippen LogP contribution in [-0.2, 0) is 9.59 Å². The van der Waals surface area contributed by atoms with Crippen molar-refractivity contribution >= 4 is 23.1 Å². The van der Waals surface area contributed by atoms with Gasteiger partial charge in [0.2, 0.25) is 0 Å². The summed E-state index contributed by atoms with van der Waals surface area (Å²) in [4.78, 5) is 32.0. The van der Waals surface area contributed by atoms with Crippen molar-refractivity contribution in [1.29, 1.82) is 0 Å². The number of ketones is 1. The third-order valence-corrected chi connectivity index (χ3v) is 5.56. The third-order valence-electron chi connectivity index (χ3n) is 5.56. The predicted molar refractivity (Wildman–Crippen MR) is 126 cm³/mol. The van der Waals surface area contributed by atoms with E-state index in [9.17, 15) is 14.7 Å². The molecule has 8 nitrogen and oxygen atoms in total. The first-order chi connectivity index (χ1) is 16.5. The fourth-order valence-electron chi connectivity index (χ4n) is 4.05. The Morgan fingerprint density at radius 2 is 1.59 bits per heavy atom. The van der Waals surface area contributed by atoms with E-state index in [4.69, 9.17) is 14.2 Å². The molecule has 1 saturated heterocycles. The number of carbonyl (C=O) groups excluding carboxylic acids is 2. The molecule has 1 atom stereocenters. The molecule has 1 aliphatic heterocycles. The van der Waals surface area contributed by atoms with Crippen molar-refractivity contribution in [3.8, 4) is 17.2 Å². The highest BCUT2D eigenvalue weighted by Gasteiger charge is 2.47. The SMILES string of the molecule is CCOc1ccc(N2C(=O)C(=O)/C(=C(/O)c3c(OC)cccc3OC)C2c2ccncc2)cc1. The molecule has 1 fully saturated rings. The maximum absolute atomic E-state index is 13.3. The number of nitrogens with zero attached hydrogens (tertiary/aromatic N) is 2. The summed E-state index contributed by atoms with van der Waals surface area (Å²) in [5, 5.41) is 11.4. The van der Waals surface area contributed by atoms with Crippen molar-refractivity contribution in [3.05, 3.63) is 83.7 Å². The maximum atomic E-state index is 13.3. The third kappa shape index (κ3) is 3.94. The van der Waals surface area contributed by atoms with E-state index in [1.807, 2.05) is 6.92 Å². The lowest BCUT2D eigenvalue weighted by atomic mass is 9.95. The highest BCUT2D eigenvalue weighted by Crippen LogP contribution is 2.45. The van der Waals surface area contributed by atoms with Crippen LogP contribution in [0.5, 0.6) is 17.2 Å². The smallest absolute Gasteiger partial charge is 0.300 e. The molecule has 34 heavy (non-hydrogen) atoms. The number of methoxy groups -OCH3 is 2. The number of rotatable bonds is 7. The Labute approximate surface area is 197 Å². The number of benzene rings is 2. The van der Waals surface area contributed by atoms with E-state index < -0.39 is 17.7 Å². The van der Waals surface area contributed by atoms with Crippen molar-refractivity contribution in [3.63, 3.8) is 0 Å². The minimum absolute atomic E-state index is 0.0760. The number of aliphatic hydroxyl groups excluding tert-OH is 1. The molecular weight excluding hydrogens is 436 g/mol. The van der Waals surface area contributed by atoms with Crippen LogP contribution in [0.2, 0.25) is 0 Å². The van der Waals surface area contributed by atoms with Crippen LogP contribution in [0.25, 0.3) is 5.76 Å². The molecule has 0 aliphatic carbocycles. The van der Waals surface area contributed by atoms with Crippen LogP contribution in [0.1, 0.15) is 24.1 Å². The molecule has 1 amide bonds. The van der Waals surface area contributed by atoms with E-state index >= 15 is 0 Å². The molecule has 0 spiro atoms. The Morgan fingerprint density at radius 1 is 0.971 bits per heavy atom. The molecule has 8 heteroatoms. The number of ether oxygens (including phenoxy) is 3. The minimum Gasteiger partial charge on any atom is -0.506 e. The average molecular weight is 460 g/mol. The Hall–Kier alpha value is -4.33. The number of amides is 1. The summed E-state index contributed by atoms with van der Waals surface area (Å²) < 4.78 is 16.3. The highest BCUT2D eigenvalue weighted by molar-refractivity contribution is 6.51. The number of hydrogen-bond acceptors (Lipinski definition) is 7. The van der Waals surface area contributed by atoms with Crippen molar-refractivity contribution < 1.29 is 28.9 Å². The molecule has 2 aromatic carbocycles. The van der Waals surface area contributed by atoms with Crippen molar-refractivity contribution in [1.82, 2.24) is 4.98 Å². The molecule has 174 valence electrons. The summed E-state index contributed by atoms with van der Waals surface area (Å²) in [6.07, 6.45) is 3.13. The van der Waals surface area contributed by atoms with Gasteiger partial charge in [-0.05, 0) is 61.0 Å². The first kappa shape index (κ1) is 22.8. The largest absolute Gasteiger partial charge is 0.506 e. The number of aromatic nitrogens is 1. The lowest BCUT2D eigenvalue weighted by Gasteiger charge is -2.25. The van der Waals surface area contributed by atoms with Crippen molar-refractivity contribution in [2.75, 3.05) is 25.7 Å². The fourth-order valence-corrected chi connectivity index (χ4v) is 4.05. The zero-order valence-electron chi connectivity index (χ0n) is 19.0. The Kier molecular flexibility index (Phi) is 6.49. The van der Waals surface area contributed by atoms with E-state index in [0.29, 0.717) is 35.1 Å². The maximum Gasteiger partial charge on any atom is 0.300 e. The number of hydrogen-bond donors (Lipinski definition) is 1. The van der Waals surface area contributed by atoms with Gasteiger partial charge in [0, 0.05) is 18.1 Å². The number of carbonyl (C=O) groups is 2. The minimum atomic E-state index is -0.893. The van der Waals surface area contributed by atoms with Gasteiger partial charge >= 0.3 is 0 Å². The second kappa shape index (κ2) is 9.66. The van der Waals surface area contributed by atoms with Crippen LogP contribution >= 0.6 is 0 Å². The van der Waals surface area contributed by atoms with E-state index in [-0.39, 0.29) is 16.9 Å². The standard InChI is InChI=1S/C26H24N2O6/c1-4-34-18-10-8-17(9-11-18)28-23(16-12-14-27-15-13-16)22(25(30)26(28)31)24(29)21-19(32-2)6-5-7-20(21)33-3/h5-15,23,29H,4H2,1-3H3/b24-22+. The topological polar surface area (TPSA) is 98.2 Å². The predicted octanol–water partition coefficient (Wildman–Crippen LogP) is 4.12. The summed E-state index contributed by atoms with van der Waals surface area (Å²) in [5.74, 6) is -0.720. The summed E-state index contributed by atoms with van der Waals surface area (Å²) >= 11 is 0. The van der Waals surface area contributed by atoms with Crippen LogP contribution in [0.3, 0.4) is 0 Å². The van der Waals surface area contributed by atoms with Crippen LogP contribution < -0.4 is 19.1 Å². The van der Waals surface area contributed by atoms with E-state index in [1.165, 1.54) is 19.1 Å². The number of aliphatic hydroxyl groups is 1. The molecular formula is C26H24N2O6. The monoisotopic (exact) mass is 460 g/mol. The lowest BCUT2D eigenvalue weighted by Crippen LogP contribution is -2.29. The average Bonchev–Trinajstić information content (AvgIpc) is 3.14. The zero-order chi connectivity index (χ0) is 24.2.